The minimum Gasteiger partial charge on any atom is -0.449 e. The predicted octanol–water partition coefficient (Wildman–Crippen LogP) is 2.17. The minimum atomic E-state index is -0.637. The number of nitrogens with two attached hydrogens (primary N) is 1. The van der Waals surface area contributed by atoms with Crippen molar-refractivity contribution in [2.24, 2.45) is 5.84 Å². The van der Waals surface area contributed by atoms with Crippen molar-refractivity contribution < 1.29 is 28.5 Å². The molecule has 9 heteroatoms. The zero-order valence-electron chi connectivity index (χ0n) is 15.3. The van der Waals surface area contributed by atoms with Gasteiger partial charge in [0.25, 0.3) is 0 Å². The molecular formula is C18H25N3O6. The molecule has 2 fully saturated rings. The molecular weight excluding hydrogens is 354 g/mol. The number of rotatable bonds is 7. The first-order valence-electron chi connectivity index (χ1n) is 9.08. The Balaban J connectivity index is 1.65. The molecule has 0 spiro atoms. The van der Waals surface area contributed by atoms with E-state index in [9.17, 15) is 9.59 Å². The first kappa shape index (κ1) is 19.4. The van der Waals surface area contributed by atoms with Crippen LogP contribution in [0.3, 0.4) is 0 Å². The molecule has 0 aliphatic carbocycles. The van der Waals surface area contributed by atoms with E-state index in [2.05, 4.69) is 0 Å². The maximum Gasteiger partial charge on any atom is 0.428 e. The smallest absolute Gasteiger partial charge is 0.428 e. The molecule has 1 aromatic carbocycles. The molecule has 2 heterocycles. The van der Waals surface area contributed by atoms with Gasteiger partial charge in [-0.25, -0.2) is 20.4 Å². The second-order valence-corrected chi connectivity index (χ2v) is 6.26. The molecule has 9 nitrogen and oxygen atoms in total. The van der Waals surface area contributed by atoms with Crippen LogP contribution in [0.5, 0.6) is 0 Å². The molecule has 2 aliphatic heterocycles. The minimum absolute atomic E-state index is 0.194. The van der Waals surface area contributed by atoms with Gasteiger partial charge in [-0.15, -0.1) is 0 Å². The molecule has 1 atom stereocenters. The van der Waals surface area contributed by atoms with Crippen molar-refractivity contribution in [3.8, 4) is 0 Å². The molecule has 2 saturated heterocycles. The fourth-order valence-corrected chi connectivity index (χ4v) is 3.16. The number of nitrogens with zero attached hydrogens (tertiary/aromatic N) is 2. The van der Waals surface area contributed by atoms with Crippen molar-refractivity contribution in [3.63, 3.8) is 0 Å². The first-order chi connectivity index (χ1) is 13.1. The van der Waals surface area contributed by atoms with Crippen molar-refractivity contribution >= 4 is 17.9 Å². The van der Waals surface area contributed by atoms with Crippen LogP contribution in [0.1, 0.15) is 31.4 Å². The average Bonchev–Trinajstić information content (AvgIpc) is 3.32. The van der Waals surface area contributed by atoms with Crippen LogP contribution in [0.4, 0.5) is 15.3 Å². The van der Waals surface area contributed by atoms with E-state index in [0.717, 1.165) is 23.4 Å². The standard InChI is InChI=1S/C18H25N3O6/c1-2-24-18(23)21(19)14-6-3-5-13(11-14)15-12-27-17(22)20(15)8-4-7-16-25-9-10-26-16/h3,5-6,11,15-16H,2,4,7-10,12,19H2,1H3. The monoisotopic (exact) mass is 379 g/mol. The fourth-order valence-electron chi connectivity index (χ4n) is 3.16. The second kappa shape index (κ2) is 9.03. The number of hydrogen-bond acceptors (Lipinski definition) is 7. The van der Waals surface area contributed by atoms with Crippen LogP contribution in [0, 0.1) is 0 Å². The summed E-state index contributed by atoms with van der Waals surface area (Å²) in [6.45, 7) is 3.95. The molecule has 3 rings (SSSR count). The van der Waals surface area contributed by atoms with Gasteiger partial charge < -0.3 is 18.9 Å². The highest BCUT2D eigenvalue weighted by molar-refractivity contribution is 5.86. The summed E-state index contributed by atoms with van der Waals surface area (Å²) in [5.41, 5.74) is 1.32. The molecule has 0 saturated carbocycles. The first-order valence-corrected chi connectivity index (χ1v) is 9.08. The van der Waals surface area contributed by atoms with E-state index in [1.807, 2.05) is 6.07 Å². The number of amides is 2. The van der Waals surface area contributed by atoms with Gasteiger partial charge in [0.1, 0.15) is 6.61 Å². The Kier molecular flexibility index (Phi) is 6.49. The van der Waals surface area contributed by atoms with Gasteiger partial charge in [0.15, 0.2) is 6.29 Å². The molecule has 2 amide bonds. The largest absolute Gasteiger partial charge is 0.449 e. The average molecular weight is 379 g/mol. The van der Waals surface area contributed by atoms with Gasteiger partial charge in [-0.2, -0.15) is 0 Å². The van der Waals surface area contributed by atoms with Crippen LogP contribution in [0.25, 0.3) is 0 Å². The van der Waals surface area contributed by atoms with E-state index < -0.39 is 6.09 Å². The van der Waals surface area contributed by atoms with Gasteiger partial charge in [0.05, 0.1) is 31.5 Å². The highest BCUT2D eigenvalue weighted by Gasteiger charge is 2.34. The van der Waals surface area contributed by atoms with Crippen molar-refractivity contribution in [2.75, 3.05) is 38.0 Å². The Morgan fingerprint density at radius 1 is 1.37 bits per heavy atom. The SMILES string of the molecule is CCOC(=O)N(N)c1cccc(C2COC(=O)N2CCCC2OCCO2)c1. The molecule has 1 unspecified atom stereocenters. The maximum atomic E-state index is 12.1. The van der Waals surface area contributed by atoms with Gasteiger partial charge in [-0.3, -0.25) is 4.90 Å². The Morgan fingerprint density at radius 3 is 2.89 bits per heavy atom. The molecule has 0 aromatic heterocycles. The van der Waals surface area contributed by atoms with Gasteiger partial charge in [-0.05, 0) is 31.0 Å². The van der Waals surface area contributed by atoms with Crippen LogP contribution >= 0.6 is 0 Å². The molecule has 0 radical (unpaired) electrons. The van der Waals surface area contributed by atoms with Crippen LogP contribution in [0.15, 0.2) is 24.3 Å². The van der Waals surface area contributed by atoms with Gasteiger partial charge in [0.2, 0.25) is 0 Å². The Bertz CT molecular complexity index is 664. The number of hydrogen-bond donors (Lipinski definition) is 1. The number of hydrazine groups is 1. The number of carbonyl (C=O) groups is 2. The van der Waals surface area contributed by atoms with Crippen LogP contribution in [0.2, 0.25) is 0 Å². The lowest BCUT2D eigenvalue weighted by Crippen LogP contribution is -2.38. The van der Waals surface area contributed by atoms with Gasteiger partial charge >= 0.3 is 12.2 Å². The third kappa shape index (κ3) is 4.68. The lowest BCUT2D eigenvalue weighted by Gasteiger charge is -2.23. The number of carbonyl (C=O) groups excluding carboxylic acids is 2. The molecule has 2 N–H and O–H groups in total. The summed E-state index contributed by atoms with van der Waals surface area (Å²) in [6.07, 6.45) is 0.272. The summed E-state index contributed by atoms with van der Waals surface area (Å²) < 4.78 is 21.0. The highest BCUT2D eigenvalue weighted by atomic mass is 16.7. The fraction of sp³-hybridized carbons (Fsp3) is 0.556. The maximum absolute atomic E-state index is 12.1. The third-order valence-electron chi connectivity index (χ3n) is 4.50. The van der Waals surface area contributed by atoms with E-state index in [0.29, 0.717) is 25.4 Å². The Labute approximate surface area is 157 Å². The normalized spacial score (nSPS) is 20.0. The van der Waals surface area contributed by atoms with E-state index in [1.165, 1.54) is 0 Å². The van der Waals surface area contributed by atoms with E-state index >= 15 is 0 Å². The van der Waals surface area contributed by atoms with E-state index in [4.69, 9.17) is 24.8 Å². The summed E-state index contributed by atoms with van der Waals surface area (Å²) in [7, 11) is 0. The Hall–Kier alpha value is -2.36. The number of ether oxygens (including phenoxy) is 4. The van der Waals surface area contributed by atoms with Gasteiger partial charge in [-0.1, -0.05) is 12.1 Å². The van der Waals surface area contributed by atoms with Crippen molar-refractivity contribution in [1.29, 1.82) is 0 Å². The van der Waals surface area contributed by atoms with Crippen molar-refractivity contribution in [2.45, 2.75) is 32.1 Å². The Morgan fingerprint density at radius 2 is 2.15 bits per heavy atom. The summed E-state index contributed by atoms with van der Waals surface area (Å²) in [5.74, 6) is 5.82. The predicted molar refractivity (Wildman–Crippen MR) is 95.9 cm³/mol. The summed E-state index contributed by atoms with van der Waals surface area (Å²) >= 11 is 0. The molecule has 2 aliphatic rings. The third-order valence-corrected chi connectivity index (χ3v) is 4.50. The summed E-state index contributed by atoms with van der Waals surface area (Å²) in [5, 5.41) is 0.948. The number of anilines is 1. The van der Waals surface area contributed by atoms with Gasteiger partial charge in [0, 0.05) is 13.0 Å². The van der Waals surface area contributed by atoms with Crippen molar-refractivity contribution in [1.82, 2.24) is 4.90 Å². The molecule has 148 valence electrons. The second-order valence-electron chi connectivity index (χ2n) is 6.26. The van der Waals surface area contributed by atoms with Crippen LogP contribution < -0.4 is 10.9 Å². The molecule has 1 aromatic rings. The van der Waals surface area contributed by atoms with E-state index in [-0.39, 0.29) is 31.6 Å². The zero-order valence-corrected chi connectivity index (χ0v) is 15.3. The lowest BCUT2D eigenvalue weighted by molar-refractivity contribution is -0.0486. The molecule has 0 bridgehead atoms. The van der Waals surface area contributed by atoms with E-state index in [1.54, 1.807) is 30.0 Å². The quantitative estimate of drug-likeness (QED) is 0.440. The van der Waals surface area contributed by atoms with Crippen LogP contribution in [-0.2, 0) is 18.9 Å². The molecule has 27 heavy (non-hydrogen) atoms. The zero-order chi connectivity index (χ0) is 19.2. The topological polar surface area (TPSA) is 104 Å². The summed E-state index contributed by atoms with van der Waals surface area (Å²) in [6, 6.07) is 6.89. The summed E-state index contributed by atoms with van der Waals surface area (Å²) in [4.78, 5) is 25.6. The van der Waals surface area contributed by atoms with Crippen molar-refractivity contribution in [3.05, 3.63) is 29.8 Å². The van der Waals surface area contributed by atoms with Crippen LogP contribution in [-0.4, -0.2) is 56.3 Å². The lowest BCUT2D eigenvalue weighted by atomic mass is 10.1. The number of cyclic esters (lactones) is 1. The highest BCUT2D eigenvalue weighted by Crippen LogP contribution is 2.30. The number of benzene rings is 1.